The van der Waals surface area contributed by atoms with E-state index in [1.807, 2.05) is 50.3 Å². The molecule has 0 bridgehead atoms. The van der Waals surface area contributed by atoms with E-state index in [1.54, 1.807) is 4.90 Å². The van der Waals surface area contributed by atoms with Crippen LogP contribution in [0.1, 0.15) is 37.1 Å². The van der Waals surface area contributed by atoms with Crippen LogP contribution >= 0.6 is 15.9 Å². The molecular weight excluding hydrogens is 428 g/mol. The lowest BCUT2D eigenvalue weighted by Crippen LogP contribution is -2.85. The summed E-state index contributed by atoms with van der Waals surface area (Å²) in [7, 11) is -1.77. The van der Waals surface area contributed by atoms with Crippen molar-refractivity contribution in [2.24, 2.45) is 0 Å². The van der Waals surface area contributed by atoms with Crippen LogP contribution in [0.25, 0.3) is 0 Å². The van der Waals surface area contributed by atoms with E-state index in [0.717, 1.165) is 18.4 Å². The number of rotatable bonds is 8. The van der Waals surface area contributed by atoms with Gasteiger partial charge in [0.1, 0.15) is 4.83 Å². The molecule has 1 aliphatic rings. The Morgan fingerprint density at radius 3 is 2.48 bits per heavy atom. The molecular formula is C19H27BrN2O4Si. The van der Waals surface area contributed by atoms with Crippen molar-refractivity contribution in [3.8, 4) is 0 Å². The summed E-state index contributed by atoms with van der Waals surface area (Å²) in [6.45, 7) is 7.84. The molecule has 1 aliphatic heterocycles. The average molecular weight is 455 g/mol. The smallest absolute Gasteiger partial charge is 0.304 e. The molecule has 1 heterocycles. The number of halogens is 1. The standard InChI is InChI=1S/C19H27BrN2O4Si/c1-5-6-12-22-17(25)19(27(3)4,18(22)26-13(2)23)21-16(24)15(20)14-10-8-7-9-11-14/h7-11,15,18,27H,5-6,12H2,1-4H3,(H,21,24)/t15?,18-,19+/m0/s1. The predicted molar refractivity (Wildman–Crippen MR) is 110 cm³/mol. The fourth-order valence-electron chi connectivity index (χ4n) is 3.32. The van der Waals surface area contributed by atoms with E-state index in [0.29, 0.717) is 6.54 Å². The summed E-state index contributed by atoms with van der Waals surface area (Å²) >= 11 is 3.42. The molecule has 0 saturated carbocycles. The number of alkyl halides is 1. The van der Waals surface area contributed by atoms with Gasteiger partial charge in [-0.1, -0.05) is 72.7 Å². The molecule has 2 amide bonds. The molecule has 0 radical (unpaired) electrons. The average Bonchev–Trinajstić information content (AvgIpc) is 2.64. The van der Waals surface area contributed by atoms with Gasteiger partial charge in [-0.25, -0.2) is 0 Å². The summed E-state index contributed by atoms with van der Waals surface area (Å²) in [5, 5.41) is 1.83. The number of unbranched alkanes of at least 4 members (excludes halogenated alkanes) is 1. The Bertz CT molecular complexity index is 700. The quantitative estimate of drug-likeness (QED) is 0.283. The molecule has 8 heteroatoms. The van der Waals surface area contributed by atoms with Gasteiger partial charge in [-0.05, 0) is 12.0 Å². The number of nitrogens with one attached hydrogen (secondary N) is 1. The molecule has 1 N–H and O–H groups in total. The SMILES string of the molecule is CCCCN1C(=O)[C@@](NC(=O)C(Br)c2ccccc2)([SiH](C)C)[C@@H]1OC(C)=O. The highest BCUT2D eigenvalue weighted by Gasteiger charge is 2.65. The summed E-state index contributed by atoms with van der Waals surface area (Å²) in [5.41, 5.74) is 0.800. The van der Waals surface area contributed by atoms with E-state index in [2.05, 4.69) is 21.2 Å². The van der Waals surface area contributed by atoms with Crippen LogP contribution in [0.15, 0.2) is 30.3 Å². The number of amides is 2. The molecule has 0 aliphatic carbocycles. The Morgan fingerprint density at radius 1 is 1.33 bits per heavy atom. The Labute approximate surface area is 170 Å². The Morgan fingerprint density at radius 2 is 1.96 bits per heavy atom. The largest absolute Gasteiger partial charge is 0.439 e. The van der Waals surface area contributed by atoms with Crippen molar-refractivity contribution in [2.45, 2.75) is 56.0 Å². The number of hydrogen-bond acceptors (Lipinski definition) is 4. The second-order valence-corrected chi connectivity index (χ2v) is 11.2. The number of nitrogens with zero attached hydrogens (tertiary/aromatic N) is 1. The second kappa shape index (κ2) is 9.01. The Kier molecular flexibility index (Phi) is 7.22. The van der Waals surface area contributed by atoms with Crippen molar-refractivity contribution in [1.82, 2.24) is 10.2 Å². The number of likely N-dealkylation sites (tertiary alicyclic amines) is 1. The van der Waals surface area contributed by atoms with Gasteiger partial charge >= 0.3 is 5.97 Å². The van der Waals surface area contributed by atoms with Gasteiger partial charge in [0, 0.05) is 13.5 Å². The van der Waals surface area contributed by atoms with Crippen molar-refractivity contribution < 1.29 is 19.1 Å². The van der Waals surface area contributed by atoms with Crippen LogP contribution in [0.5, 0.6) is 0 Å². The van der Waals surface area contributed by atoms with Crippen molar-refractivity contribution in [3.63, 3.8) is 0 Å². The van der Waals surface area contributed by atoms with Gasteiger partial charge in [-0.3, -0.25) is 14.4 Å². The summed E-state index contributed by atoms with van der Waals surface area (Å²) in [4.78, 5) is 38.6. The summed E-state index contributed by atoms with van der Waals surface area (Å²) in [6.07, 6.45) is 1.00. The molecule has 1 unspecified atom stereocenters. The molecule has 0 spiro atoms. The van der Waals surface area contributed by atoms with E-state index in [4.69, 9.17) is 4.74 Å². The topological polar surface area (TPSA) is 75.7 Å². The van der Waals surface area contributed by atoms with E-state index in [9.17, 15) is 14.4 Å². The van der Waals surface area contributed by atoms with Crippen molar-refractivity contribution in [2.75, 3.05) is 6.54 Å². The highest BCUT2D eigenvalue weighted by atomic mass is 79.9. The molecule has 1 aromatic carbocycles. The number of β-lactam (4-membered cyclic amide) rings is 1. The second-order valence-electron chi connectivity index (χ2n) is 7.10. The van der Waals surface area contributed by atoms with E-state index < -0.39 is 31.0 Å². The van der Waals surface area contributed by atoms with Gasteiger partial charge in [0.25, 0.3) is 5.91 Å². The third-order valence-electron chi connectivity index (χ3n) is 4.88. The van der Waals surface area contributed by atoms with E-state index >= 15 is 0 Å². The zero-order valence-corrected chi connectivity index (χ0v) is 18.9. The molecule has 6 nitrogen and oxygen atoms in total. The highest BCUT2D eigenvalue weighted by molar-refractivity contribution is 9.09. The van der Waals surface area contributed by atoms with Crippen molar-refractivity contribution in [1.29, 1.82) is 0 Å². The van der Waals surface area contributed by atoms with E-state index in [1.165, 1.54) is 6.92 Å². The van der Waals surface area contributed by atoms with Gasteiger partial charge in [-0.2, -0.15) is 0 Å². The normalized spacial score (nSPS) is 23.0. The zero-order chi connectivity index (χ0) is 20.2. The van der Waals surface area contributed by atoms with Gasteiger partial charge < -0.3 is 15.0 Å². The van der Waals surface area contributed by atoms with Gasteiger partial charge in [0.15, 0.2) is 5.16 Å². The van der Waals surface area contributed by atoms with Crippen molar-refractivity contribution in [3.05, 3.63) is 35.9 Å². The third-order valence-corrected chi connectivity index (χ3v) is 8.32. The van der Waals surface area contributed by atoms with Gasteiger partial charge in [0.05, 0.1) is 8.80 Å². The lowest BCUT2D eigenvalue weighted by Gasteiger charge is -2.56. The first-order chi connectivity index (χ1) is 12.8. The molecule has 27 heavy (non-hydrogen) atoms. The predicted octanol–water partition coefficient (Wildman–Crippen LogP) is 2.54. The number of carbonyl (C=O) groups is 3. The van der Waals surface area contributed by atoms with Crippen LogP contribution in [0.3, 0.4) is 0 Å². The number of hydrogen-bond donors (Lipinski definition) is 1. The molecule has 148 valence electrons. The van der Waals surface area contributed by atoms with Crippen LogP contribution in [0, 0.1) is 0 Å². The molecule has 3 atom stereocenters. The van der Waals surface area contributed by atoms with Crippen LogP contribution in [-0.2, 0) is 19.1 Å². The fraction of sp³-hybridized carbons (Fsp3) is 0.526. The maximum absolute atomic E-state index is 13.1. The molecule has 2 rings (SSSR count). The molecule has 1 saturated heterocycles. The minimum absolute atomic E-state index is 0.148. The van der Waals surface area contributed by atoms with E-state index in [-0.39, 0.29) is 11.8 Å². The summed E-state index contributed by atoms with van der Waals surface area (Å²) < 4.78 is 5.50. The third kappa shape index (κ3) is 4.26. The number of ether oxygens (including phenoxy) is 1. The fourth-order valence-corrected chi connectivity index (χ4v) is 5.65. The number of esters is 1. The number of carbonyl (C=O) groups excluding carboxylic acids is 3. The first-order valence-electron chi connectivity index (χ1n) is 9.25. The molecule has 0 aromatic heterocycles. The first kappa shape index (κ1) is 21.6. The number of benzene rings is 1. The minimum Gasteiger partial charge on any atom is -0.439 e. The van der Waals surface area contributed by atoms with Crippen LogP contribution in [0.2, 0.25) is 13.1 Å². The van der Waals surface area contributed by atoms with Crippen LogP contribution in [0.4, 0.5) is 0 Å². The van der Waals surface area contributed by atoms with Gasteiger partial charge in [0.2, 0.25) is 12.1 Å². The molecule has 1 aromatic rings. The highest BCUT2D eigenvalue weighted by Crippen LogP contribution is 2.36. The lowest BCUT2D eigenvalue weighted by atomic mass is 10.0. The minimum atomic E-state index is -1.77. The monoisotopic (exact) mass is 454 g/mol. The maximum atomic E-state index is 13.1. The zero-order valence-electron chi connectivity index (χ0n) is 16.2. The van der Waals surface area contributed by atoms with Crippen LogP contribution in [-0.4, -0.2) is 49.4 Å². The van der Waals surface area contributed by atoms with Crippen LogP contribution < -0.4 is 5.32 Å². The summed E-state index contributed by atoms with van der Waals surface area (Å²) in [5.74, 6) is -0.909. The van der Waals surface area contributed by atoms with Gasteiger partial charge in [-0.15, -0.1) is 0 Å². The Balaban J connectivity index is 2.28. The Hall–Kier alpha value is -1.67. The first-order valence-corrected chi connectivity index (χ1v) is 13.0. The summed E-state index contributed by atoms with van der Waals surface area (Å²) in [6, 6.07) is 9.27. The maximum Gasteiger partial charge on any atom is 0.304 e. The molecule has 1 fully saturated rings. The lowest BCUT2D eigenvalue weighted by molar-refractivity contribution is -0.197. The van der Waals surface area contributed by atoms with Crippen molar-refractivity contribution >= 4 is 42.5 Å².